The predicted molar refractivity (Wildman–Crippen MR) is 107 cm³/mol. The second kappa shape index (κ2) is 8.89. The minimum Gasteiger partial charge on any atom is -0.356 e. The summed E-state index contributed by atoms with van der Waals surface area (Å²) >= 11 is 0. The number of aryl methyl sites for hydroxylation is 1. The van der Waals surface area contributed by atoms with Crippen LogP contribution in [0.2, 0.25) is 0 Å². The molecule has 1 aliphatic heterocycles. The van der Waals surface area contributed by atoms with Gasteiger partial charge in [-0.05, 0) is 25.0 Å². The summed E-state index contributed by atoms with van der Waals surface area (Å²) in [5, 5.41) is 6.56. The van der Waals surface area contributed by atoms with Crippen molar-refractivity contribution in [3.05, 3.63) is 52.7 Å². The summed E-state index contributed by atoms with van der Waals surface area (Å²) in [6, 6.07) is 1.70. The zero-order valence-corrected chi connectivity index (χ0v) is 16.7. The molecule has 152 valence electrons. The molecule has 3 aromatic rings. The number of H-pyrrole nitrogens is 2. The number of carbonyl (C=O) groups is 1. The Morgan fingerprint density at radius 2 is 2.11 bits per heavy atom. The fraction of sp³-hybridized carbons (Fsp3) is 0.333. The van der Waals surface area contributed by atoms with Gasteiger partial charge < -0.3 is 20.6 Å². The van der Waals surface area contributed by atoms with E-state index in [9.17, 15) is 13.6 Å². The molecule has 0 saturated heterocycles. The third-order valence-electron chi connectivity index (χ3n) is 4.83. The van der Waals surface area contributed by atoms with E-state index in [1.54, 1.807) is 6.33 Å². The molecule has 3 heterocycles. The van der Waals surface area contributed by atoms with Crippen LogP contribution in [0, 0.1) is 18.6 Å². The van der Waals surface area contributed by atoms with Crippen LogP contribution < -0.4 is 10.6 Å². The second-order valence-corrected chi connectivity index (χ2v) is 6.48. The highest BCUT2D eigenvalue weighted by Gasteiger charge is 2.28. The minimum absolute atomic E-state index is 0. The van der Waals surface area contributed by atoms with Gasteiger partial charge in [0.1, 0.15) is 17.7 Å². The lowest BCUT2D eigenvalue weighted by molar-refractivity contribution is -0.123. The summed E-state index contributed by atoms with van der Waals surface area (Å²) in [4.78, 5) is 22.7. The van der Waals surface area contributed by atoms with Gasteiger partial charge in [-0.15, -0.1) is 24.8 Å². The highest BCUT2D eigenvalue weighted by Crippen LogP contribution is 2.26. The molecular formula is C18H21Cl2F2N5O. The number of hydrogen-bond donors (Lipinski definition) is 4. The van der Waals surface area contributed by atoms with Crippen LogP contribution in [0.5, 0.6) is 0 Å². The summed E-state index contributed by atoms with van der Waals surface area (Å²) in [7, 11) is 0. The third-order valence-corrected chi connectivity index (χ3v) is 4.83. The monoisotopic (exact) mass is 431 g/mol. The van der Waals surface area contributed by atoms with Crippen molar-refractivity contribution in [3.63, 3.8) is 0 Å². The number of amides is 1. The predicted octanol–water partition coefficient (Wildman–Crippen LogP) is 2.87. The molecule has 0 fully saturated rings. The Morgan fingerprint density at radius 3 is 2.89 bits per heavy atom. The second-order valence-electron chi connectivity index (χ2n) is 6.48. The van der Waals surface area contributed by atoms with Gasteiger partial charge in [-0.25, -0.2) is 13.8 Å². The molecule has 4 N–H and O–H groups in total. The standard InChI is InChI=1S/C18H19F2N5O.2ClH/c1-9-11(12-6-10(19)7-13(20)15(12)25-9)2-4-22-18(26)17-16-14(3-5-21-17)23-8-24-16;;/h6-8,17,21,25H,2-5H2,1H3,(H,22,26)(H,23,24);2*1H. The van der Waals surface area contributed by atoms with E-state index in [4.69, 9.17) is 0 Å². The van der Waals surface area contributed by atoms with Crippen molar-refractivity contribution in [2.45, 2.75) is 25.8 Å². The van der Waals surface area contributed by atoms with Gasteiger partial charge in [0.2, 0.25) is 5.91 Å². The van der Waals surface area contributed by atoms with Gasteiger partial charge in [0.05, 0.1) is 17.5 Å². The van der Waals surface area contributed by atoms with E-state index in [-0.39, 0.29) is 30.7 Å². The van der Waals surface area contributed by atoms with Crippen molar-refractivity contribution < 1.29 is 13.6 Å². The van der Waals surface area contributed by atoms with Crippen LogP contribution in [0.4, 0.5) is 8.78 Å². The highest BCUT2D eigenvalue weighted by atomic mass is 35.5. The number of aromatic amines is 2. The van der Waals surface area contributed by atoms with E-state index >= 15 is 0 Å². The average Bonchev–Trinajstić information content (AvgIpc) is 3.20. The Bertz CT molecular complexity index is 988. The van der Waals surface area contributed by atoms with Crippen LogP contribution in [0.1, 0.15) is 28.7 Å². The maximum atomic E-state index is 13.9. The molecule has 1 amide bonds. The Hall–Kier alpha value is -2.16. The number of nitrogens with one attached hydrogen (secondary N) is 4. The number of hydrogen-bond acceptors (Lipinski definition) is 3. The number of halogens is 4. The third kappa shape index (κ3) is 3.99. The van der Waals surface area contributed by atoms with E-state index in [2.05, 4.69) is 25.6 Å². The van der Waals surface area contributed by atoms with Crippen LogP contribution in [-0.2, 0) is 17.6 Å². The first-order valence-corrected chi connectivity index (χ1v) is 8.54. The highest BCUT2D eigenvalue weighted by molar-refractivity contribution is 5.86. The number of carbonyl (C=O) groups excluding carboxylic acids is 1. The first-order chi connectivity index (χ1) is 12.5. The van der Waals surface area contributed by atoms with Crippen LogP contribution in [0.25, 0.3) is 10.9 Å². The van der Waals surface area contributed by atoms with E-state index < -0.39 is 17.7 Å². The molecule has 1 aliphatic rings. The number of nitrogens with zero attached hydrogens (tertiary/aromatic N) is 1. The van der Waals surface area contributed by atoms with Crippen LogP contribution in [0.15, 0.2) is 18.5 Å². The summed E-state index contributed by atoms with van der Waals surface area (Å²) in [5.74, 6) is -1.39. The van der Waals surface area contributed by atoms with Gasteiger partial charge >= 0.3 is 0 Å². The van der Waals surface area contributed by atoms with Crippen LogP contribution >= 0.6 is 24.8 Å². The molecule has 0 saturated carbocycles. The van der Waals surface area contributed by atoms with Gasteiger partial charge in [0, 0.05) is 42.4 Å². The van der Waals surface area contributed by atoms with Crippen molar-refractivity contribution in [1.29, 1.82) is 0 Å². The SMILES string of the molecule is Cc1[nH]c2c(F)cc(F)cc2c1CCNC(=O)C1NCCc2[nH]cnc21.Cl.Cl. The van der Waals surface area contributed by atoms with E-state index in [1.165, 1.54) is 6.07 Å². The summed E-state index contributed by atoms with van der Waals surface area (Å²) in [6.07, 6.45) is 2.88. The van der Waals surface area contributed by atoms with Crippen molar-refractivity contribution in [3.8, 4) is 0 Å². The smallest absolute Gasteiger partial charge is 0.243 e. The van der Waals surface area contributed by atoms with Crippen molar-refractivity contribution in [1.82, 2.24) is 25.6 Å². The Kier molecular flexibility index (Phi) is 7.03. The quantitative estimate of drug-likeness (QED) is 0.512. The maximum absolute atomic E-state index is 13.9. The molecule has 0 spiro atoms. The molecule has 4 rings (SSSR count). The summed E-state index contributed by atoms with van der Waals surface area (Å²) in [5.41, 5.74) is 3.56. The maximum Gasteiger partial charge on any atom is 0.243 e. The van der Waals surface area contributed by atoms with Crippen molar-refractivity contribution >= 4 is 41.6 Å². The van der Waals surface area contributed by atoms with Crippen molar-refractivity contribution in [2.75, 3.05) is 13.1 Å². The van der Waals surface area contributed by atoms with Gasteiger partial charge in [0.25, 0.3) is 0 Å². The largest absolute Gasteiger partial charge is 0.356 e. The molecule has 0 bridgehead atoms. The molecule has 1 unspecified atom stereocenters. The summed E-state index contributed by atoms with van der Waals surface area (Å²) in [6.45, 7) is 2.88. The van der Waals surface area contributed by atoms with Crippen molar-refractivity contribution in [2.24, 2.45) is 0 Å². The Labute approximate surface area is 172 Å². The molecule has 28 heavy (non-hydrogen) atoms. The number of imidazole rings is 1. The lowest BCUT2D eigenvalue weighted by Gasteiger charge is -2.22. The summed E-state index contributed by atoms with van der Waals surface area (Å²) < 4.78 is 27.4. The zero-order chi connectivity index (χ0) is 18.3. The first kappa shape index (κ1) is 22.1. The minimum atomic E-state index is -0.615. The lowest BCUT2D eigenvalue weighted by atomic mass is 10.0. The number of fused-ring (bicyclic) bond motifs is 2. The van der Waals surface area contributed by atoms with Gasteiger partial charge in [-0.2, -0.15) is 0 Å². The van der Waals surface area contributed by atoms with E-state index in [0.717, 1.165) is 35.1 Å². The number of benzene rings is 1. The van der Waals surface area contributed by atoms with Crippen LogP contribution in [0.3, 0.4) is 0 Å². The van der Waals surface area contributed by atoms with Gasteiger partial charge in [-0.1, -0.05) is 0 Å². The number of rotatable bonds is 4. The van der Waals surface area contributed by atoms with Gasteiger partial charge in [-0.3, -0.25) is 4.79 Å². The Balaban J connectivity index is 0.00000140. The molecule has 0 radical (unpaired) electrons. The number of aromatic nitrogens is 3. The average molecular weight is 432 g/mol. The van der Waals surface area contributed by atoms with Crippen LogP contribution in [-0.4, -0.2) is 33.9 Å². The fourth-order valence-corrected chi connectivity index (χ4v) is 3.57. The molecule has 1 aromatic carbocycles. The molecule has 6 nitrogen and oxygen atoms in total. The molecular weight excluding hydrogens is 411 g/mol. The zero-order valence-electron chi connectivity index (χ0n) is 15.1. The first-order valence-electron chi connectivity index (χ1n) is 8.54. The topological polar surface area (TPSA) is 85.6 Å². The van der Waals surface area contributed by atoms with Gasteiger partial charge in [0.15, 0.2) is 0 Å². The molecule has 10 heteroatoms. The molecule has 2 aromatic heterocycles. The van der Waals surface area contributed by atoms with E-state index in [1.807, 2.05) is 6.92 Å². The Morgan fingerprint density at radius 1 is 1.32 bits per heavy atom. The fourth-order valence-electron chi connectivity index (χ4n) is 3.57. The molecule has 1 atom stereocenters. The lowest BCUT2D eigenvalue weighted by Crippen LogP contribution is -2.42. The normalized spacial score (nSPS) is 15.5. The molecule has 0 aliphatic carbocycles. The van der Waals surface area contributed by atoms with E-state index in [0.29, 0.717) is 30.4 Å².